The molecule has 0 saturated carbocycles. The summed E-state index contributed by atoms with van der Waals surface area (Å²) in [6.45, 7) is 3.43. The maximum atomic E-state index is 13.5. The van der Waals surface area contributed by atoms with Crippen molar-refractivity contribution in [2.24, 2.45) is 7.05 Å². The van der Waals surface area contributed by atoms with Crippen molar-refractivity contribution in [2.45, 2.75) is 25.2 Å². The van der Waals surface area contributed by atoms with Gasteiger partial charge in [-0.25, -0.2) is 8.42 Å². The van der Waals surface area contributed by atoms with Gasteiger partial charge in [0, 0.05) is 37.0 Å². The standard InChI is InChI=1S/C21H25N3O5S2/c1-15-9-11-17(12-10-15)31(28,29)24(30(4,26)27)21-19(13-14-22-16(2)25)18-7-5-6-8-20(18)23(21)3/h5-12H,13-14H2,1-4H3,(H,22,25). The molecule has 31 heavy (non-hydrogen) atoms. The van der Waals surface area contributed by atoms with Crippen molar-refractivity contribution >= 4 is 42.7 Å². The highest BCUT2D eigenvalue weighted by molar-refractivity contribution is 8.10. The molecule has 8 nitrogen and oxygen atoms in total. The number of hydrogen-bond acceptors (Lipinski definition) is 5. The third-order valence-corrected chi connectivity index (χ3v) is 8.59. The van der Waals surface area contributed by atoms with E-state index in [9.17, 15) is 21.6 Å². The molecule has 1 N–H and O–H groups in total. The van der Waals surface area contributed by atoms with Gasteiger partial charge in [0.25, 0.3) is 10.0 Å². The van der Waals surface area contributed by atoms with E-state index in [1.54, 1.807) is 48.0 Å². The summed E-state index contributed by atoms with van der Waals surface area (Å²) in [4.78, 5) is 11.2. The van der Waals surface area contributed by atoms with Gasteiger partial charge in [-0.3, -0.25) is 4.79 Å². The van der Waals surface area contributed by atoms with Gasteiger partial charge in [-0.05, 0) is 31.5 Å². The minimum absolute atomic E-state index is 0.0367. The molecule has 0 fully saturated rings. The molecule has 1 amide bonds. The van der Waals surface area contributed by atoms with Crippen LogP contribution < -0.4 is 9.03 Å². The largest absolute Gasteiger partial charge is 0.356 e. The summed E-state index contributed by atoms with van der Waals surface area (Å²) < 4.78 is 54.8. The predicted molar refractivity (Wildman–Crippen MR) is 121 cm³/mol. The second kappa shape index (κ2) is 8.35. The average molecular weight is 464 g/mol. The molecule has 0 spiro atoms. The third kappa shape index (κ3) is 4.45. The Morgan fingerprint density at radius 1 is 1.03 bits per heavy atom. The number of sulfonamides is 2. The van der Waals surface area contributed by atoms with Gasteiger partial charge in [0.2, 0.25) is 15.9 Å². The van der Waals surface area contributed by atoms with Crippen molar-refractivity contribution in [2.75, 3.05) is 16.5 Å². The lowest BCUT2D eigenvalue weighted by Crippen LogP contribution is -2.38. The highest BCUT2D eigenvalue weighted by atomic mass is 32.3. The number of amides is 1. The molecule has 0 unspecified atom stereocenters. The number of nitrogens with one attached hydrogen (secondary N) is 1. The monoisotopic (exact) mass is 463 g/mol. The normalized spacial score (nSPS) is 12.1. The molecule has 0 radical (unpaired) electrons. The van der Waals surface area contributed by atoms with Crippen LogP contribution in [0.15, 0.2) is 53.4 Å². The smallest absolute Gasteiger partial charge is 0.278 e. The number of carbonyl (C=O) groups is 1. The molecule has 10 heteroatoms. The number of fused-ring (bicyclic) bond motifs is 1. The zero-order valence-electron chi connectivity index (χ0n) is 17.8. The highest BCUT2D eigenvalue weighted by Crippen LogP contribution is 2.36. The van der Waals surface area contributed by atoms with Gasteiger partial charge in [-0.15, -0.1) is 3.71 Å². The summed E-state index contributed by atoms with van der Waals surface area (Å²) in [5, 5.41) is 3.40. The lowest BCUT2D eigenvalue weighted by Gasteiger charge is -2.24. The maximum absolute atomic E-state index is 13.5. The first-order valence-corrected chi connectivity index (χ1v) is 12.9. The van der Waals surface area contributed by atoms with E-state index >= 15 is 0 Å². The first-order valence-electron chi connectivity index (χ1n) is 9.57. The summed E-state index contributed by atoms with van der Waals surface area (Å²) in [5.74, 6) is -0.191. The number of nitrogens with zero attached hydrogens (tertiary/aromatic N) is 2. The number of aryl methyl sites for hydroxylation is 2. The van der Waals surface area contributed by atoms with Crippen molar-refractivity contribution in [1.29, 1.82) is 0 Å². The highest BCUT2D eigenvalue weighted by Gasteiger charge is 2.37. The van der Waals surface area contributed by atoms with Crippen LogP contribution in [-0.4, -0.2) is 40.1 Å². The summed E-state index contributed by atoms with van der Waals surface area (Å²) >= 11 is 0. The molecule has 1 aromatic heterocycles. The Labute approximate surface area is 182 Å². The minimum Gasteiger partial charge on any atom is -0.356 e. The Bertz CT molecular complexity index is 1340. The van der Waals surface area contributed by atoms with Gasteiger partial charge in [0.15, 0.2) is 0 Å². The fourth-order valence-corrected chi connectivity index (χ4v) is 6.92. The van der Waals surface area contributed by atoms with Crippen LogP contribution in [-0.2, 0) is 38.3 Å². The van der Waals surface area contributed by atoms with Gasteiger partial charge in [0.1, 0.15) is 5.82 Å². The SMILES string of the molecule is CC(=O)NCCc1c(N(S(C)(=O)=O)S(=O)(=O)c2ccc(C)cc2)n(C)c2ccccc12. The van der Waals surface area contributed by atoms with Crippen LogP contribution in [0.5, 0.6) is 0 Å². The molecule has 0 aliphatic carbocycles. The fourth-order valence-electron chi connectivity index (χ4n) is 3.56. The number of hydrogen-bond donors (Lipinski definition) is 1. The number of para-hydroxylation sites is 1. The first-order chi connectivity index (χ1) is 14.4. The van der Waals surface area contributed by atoms with E-state index in [4.69, 9.17) is 0 Å². The second-order valence-electron chi connectivity index (χ2n) is 7.39. The number of anilines is 1. The van der Waals surface area contributed by atoms with Crippen LogP contribution in [0, 0.1) is 6.92 Å². The topological polar surface area (TPSA) is 106 Å². The zero-order chi connectivity index (χ0) is 23.0. The van der Waals surface area contributed by atoms with E-state index in [0.29, 0.717) is 14.8 Å². The fraction of sp³-hybridized carbons (Fsp3) is 0.286. The molecule has 0 aliphatic heterocycles. The van der Waals surface area contributed by atoms with Crippen LogP contribution in [0.25, 0.3) is 10.9 Å². The number of rotatable bonds is 7. The molecule has 3 aromatic rings. The zero-order valence-corrected chi connectivity index (χ0v) is 19.4. The van der Waals surface area contributed by atoms with E-state index in [-0.39, 0.29) is 29.6 Å². The average Bonchev–Trinajstić information content (AvgIpc) is 2.93. The molecule has 0 bridgehead atoms. The van der Waals surface area contributed by atoms with Gasteiger partial charge >= 0.3 is 0 Å². The molecule has 3 rings (SSSR count). The van der Waals surface area contributed by atoms with Crippen LogP contribution in [0.3, 0.4) is 0 Å². The van der Waals surface area contributed by atoms with Crippen molar-refractivity contribution in [1.82, 2.24) is 9.88 Å². The van der Waals surface area contributed by atoms with Crippen molar-refractivity contribution < 1.29 is 21.6 Å². The number of aromatic nitrogens is 1. The lowest BCUT2D eigenvalue weighted by molar-refractivity contribution is -0.118. The Morgan fingerprint density at radius 2 is 1.65 bits per heavy atom. The van der Waals surface area contributed by atoms with Crippen molar-refractivity contribution in [3.05, 3.63) is 59.7 Å². The van der Waals surface area contributed by atoms with Crippen LogP contribution in [0.1, 0.15) is 18.1 Å². The summed E-state index contributed by atoms with van der Waals surface area (Å²) in [7, 11) is -7.03. The van der Waals surface area contributed by atoms with Crippen molar-refractivity contribution in [3.8, 4) is 0 Å². The molecular weight excluding hydrogens is 438 g/mol. The summed E-state index contributed by atoms with van der Waals surface area (Å²) in [6.07, 6.45) is 1.12. The molecule has 2 aromatic carbocycles. The summed E-state index contributed by atoms with van der Waals surface area (Å²) in [6, 6.07) is 13.2. The van der Waals surface area contributed by atoms with E-state index < -0.39 is 20.0 Å². The van der Waals surface area contributed by atoms with E-state index in [1.165, 1.54) is 19.1 Å². The lowest BCUT2D eigenvalue weighted by atomic mass is 10.1. The maximum Gasteiger partial charge on any atom is 0.278 e. The van der Waals surface area contributed by atoms with Crippen LogP contribution >= 0.6 is 0 Å². The Balaban J connectivity index is 2.29. The predicted octanol–water partition coefficient (Wildman–Crippen LogP) is 2.32. The van der Waals surface area contributed by atoms with Crippen molar-refractivity contribution in [3.63, 3.8) is 0 Å². The van der Waals surface area contributed by atoms with Crippen LogP contribution in [0.4, 0.5) is 5.82 Å². The van der Waals surface area contributed by atoms with E-state index in [1.807, 2.05) is 6.92 Å². The van der Waals surface area contributed by atoms with Gasteiger partial charge in [-0.1, -0.05) is 35.9 Å². The van der Waals surface area contributed by atoms with E-state index in [0.717, 1.165) is 17.2 Å². The van der Waals surface area contributed by atoms with Gasteiger partial charge in [-0.2, -0.15) is 8.42 Å². The van der Waals surface area contributed by atoms with Gasteiger partial charge in [0.05, 0.1) is 11.2 Å². The Kier molecular flexibility index (Phi) is 6.15. The first kappa shape index (κ1) is 22.8. The quantitative estimate of drug-likeness (QED) is 0.579. The van der Waals surface area contributed by atoms with Gasteiger partial charge < -0.3 is 9.88 Å². The molecule has 0 atom stereocenters. The molecule has 1 heterocycles. The number of carbonyl (C=O) groups excluding carboxylic acids is 1. The van der Waals surface area contributed by atoms with E-state index in [2.05, 4.69) is 5.32 Å². The molecule has 0 saturated heterocycles. The van der Waals surface area contributed by atoms with Crippen LogP contribution in [0.2, 0.25) is 0 Å². The third-order valence-electron chi connectivity index (χ3n) is 4.94. The molecular formula is C21H25N3O5S2. The molecule has 0 aliphatic rings. The Morgan fingerprint density at radius 3 is 2.23 bits per heavy atom. The molecule has 166 valence electrons. The number of benzene rings is 2. The second-order valence-corrected chi connectivity index (χ2v) is 11.2. The minimum atomic E-state index is -4.43. The summed E-state index contributed by atoms with van der Waals surface area (Å²) in [5.41, 5.74) is 2.06. The Hall–Kier alpha value is -2.85.